The van der Waals surface area contributed by atoms with Crippen molar-refractivity contribution in [1.29, 1.82) is 0 Å². The van der Waals surface area contributed by atoms with Crippen LogP contribution in [0.25, 0.3) is 0 Å². The van der Waals surface area contributed by atoms with Gasteiger partial charge >= 0.3 is 6.03 Å². The molecule has 1 aliphatic rings. The lowest BCUT2D eigenvalue weighted by Gasteiger charge is -2.29. The molecule has 3 N–H and O–H groups in total. The van der Waals surface area contributed by atoms with Crippen molar-refractivity contribution in [3.05, 3.63) is 35.4 Å². The molecule has 0 aliphatic heterocycles. The van der Waals surface area contributed by atoms with E-state index in [2.05, 4.69) is 10.6 Å². The van der Waals surface area contributed by atoms with E-state index in [1.54, 1.807) is 0 Å². The average molecular weight is 312 g/mol. The molecule has 22 heavy (non-hydrogen) atoms. The van der Waals surface area contributed by atoms with Crippen LogP contribution in [0.15, 0.2) is 18.2 Å². The fourth-order valence-corrected chi connectivity index (χ4v) is 2.83. The van der Waals surface area contributed by atoms with E-state index in [1.807, 2.05) is 6.92 Å². The molecule has 4 nitrogen and oxygen atoms in total. The van der Waals surface area contributed by atoms with Crippen molar-refractivity contribution in [2.24, 2.45) is 0 Å². The quantitative estimate of drug-likeness (QED) is 0.800. The van der Waals surface area contributed by atoms with Crippen LogP contribution in [-0.2, 0) is 0 Å². The largest absolute Gasteiger partial charge is 0.391 e. The number of rotatable bonds is 4. The highest BCUT2D eigenvalue weighted by atomic mass is 19.1. The second kappa shape index (κ2) is 7.54. The summed E-state index contributed by atoms with van der Waals surface area (Å²) in [5, 5.41) is 15.3. The Morgan fingerprint density at radius 1 is 1.36 bits per heavy atom. The summed E-state index contributed by atoms with van der Waals surface area (Å²) in [4.78, 5) is 12.0. The van der Waals surface area contributed by atoms with Gasteiger partial charge in [-0.25, -0.2) is 13.6 Å². The van der Waals surface area contributed by atoms with E-state index in [-0.39, 0.29) is 11.6 Å². The molecule has 1 aromatic carbocycles. The molecule has 3 atom stereocenters. The number of carbonyl (C=O) groups excluding carboxylic acids is 1. The zero-order valence-electron chi connectivity index (χ0n) is 12.6. The van der Waals surface area contributed by atoms with E-state index in [4.69, 9.17) is 0 Å². The summed E-state index contributed by atoms with van der Waals surface area (Å²) in [5.41, 5.74) is 0.253. The Morgan fingerprint density at radius 2 is 2.09 bits per heavy atom. The van der Waals surface area contributed by atoms with Gasteiger partial charge in [-0.3, -0.25) is 0 Å². The van der Waals surface area contributed by atoms with Gasteiger partial charge in [-0.05, 0) is 25.3 Å². The molecular formula is C16H22F2N2O2. The van der Waals surface area contributed by atoms with E-state index in [9.17, 15) is 18.7 Å². The highest BCUT2D eigenvalue weighted by Gasteiger charge is 2.25. The molecule has 0 saturated heterocycles. The molecule has 1 saturated carbocycles. The zero-order chi connectivity index (χ0) is 16.1. The standard InChI is InChI=1S/C16H22F2N2O2/c1-2-13(11-8-7-10(17)9-12(11)18)19-16(22)20-14-5-3-4-6-15(14)21/h7-9,13-15,21H,2-6H2,1H3,(H2,19,20,22). The molecule has 1 aromatic rings. The number of aliphatic hydroxyl groups is 1. The minimum atomic E-state index is -0.676. The smallest absolute Gasteiger partial charge is 0.315 e. The first-order chi connectivity index (χ1) is 10.5. The van der Waals surface area contributed by atoms with Crippen molar-refractivity contribution in [3.8, 4) is 0 Å². The third-order valence-corrected chi connectivity index (χ3v) is 4.10. The highest BCUT2D eigenvalue weighted by molar-refractivity contribution is 5.74. The number of aliphatic hydroxyl groups excluding tert-OH is 1. The summed E-state index contributed by atoms with van der Waals surface area (Å²) in [6.07, 6.45) is 3.27. The molecule has 0 aromatic heterocycles. The van der Waals surface area contributed by atoms with Gasteiger partial charge in [-0.2, -0.15) is 0 Å². The van der Waals surface area contributed by atoms with Crippen LogP contribution in [0.2, 0.25) is 0 Å². The number of amides is 2. The molecule has 2 amide bonds. The van der Waals surface area contributed by atoms with Crippen LogP contribution in [0.1, 0.15) is 50.6 Å². The maximum Gasteiger partial charge on any atom is 0.315 e. The van der Waals surface area contributed by atoms with Gasteiger partial charge in [0.2, 0.25) is 0 Å². The molecular weight excluding hydrogens is 290 g/mol. The van der Waals surface area contributed by atoms with Gasteiger partial charge in [0.25, 0.3) is 0 Å². The van der Waals surface area contributed by atoms with Gasteiger partial charge in [0.15, 0.2) is 0 Å². The fourth-order valence-electron chi connectivity index (χ4n) is 2.83. The summed E-state index contributed by atoms with van der Waals surface area (Å²) < 4.78 is 26.8. The van der Waals surface area contributed by atoms with E-state index in [0.29, 0.717) is 12.8 Å². The third kappa shape index (κ3) is 4.16. The number of nitrogens with one attached hydrogen (secondary N) is 2. The molecule has 1 aliphatic carbocycles. The first kappa shape index (κ1) is 16.7. The number of halogens is 2. The molecule has 2 rings (SSSR count). The average Bonchev–Trinajstić information content (AvgIpc) is 2.48. The number of hydrogen-bond acceptors (Lipinski definition) is 2. The summed E-state index contributed by atoms with van der Waals surface area (Å²) in [7, 11) is 0. The van der Waals surface area contributed by atoms with Crippen LogP contribution in [0.4, 0.5) is 13.6 Å². The number of benzene rings is 1. The van der Waals surface area contributed by atoms with E-state index in [0.717, 1.165) is 25.3 Å². The first-order valence-corrected chi connectivity index (χ1v) is 7.71. The van der Waals surface area contributed by atoms with E-state index < -0.39 is 29.8 Å². The second-order valence-corrected chi connectivity index (χ2v) is 5.70. The number of urea groups is 1. The molecule has 1 fully saturated rings. The van der Waals surface area contributed by atoms with Gasteiger partial charge in [-0.1, -0.05) is 25.8 Å². The maximum absolute atomic E-state index is 13.8. The van der Waals surface area contributed by atoms with Crippen molar-refractivity contribution in [3.63, 3.8) is 0 Å². The van der Waals surface area contributed by atoms with Gasteiger partial charge in [-0.15, -0.1) is 0 Å². The molecule has 6 heteroatoms. The molecule has 0 radical (unpaired) electrons. The molecule has 3 unspecified atom stereocenters. The normalized spacial score (nSPS) is 22.9. The fraction of sp³-hybridized carbons (Fsp3) is 0.562. The summed E-state index contributed by atoms with van der Waals surface area (Å²) in [5.74, 6) is -1.32. The van der Waals surface area contributed by atoms with Gasteiger partial charge in [0.05, 0.1) is 18.2 Å². The van der Waals surface area contributed by atoms with E-state index >= 15 is 0 Å². The Hall–Kier alpha value is -1.69. The molecule has 0 bridgehead atoms. The van der Waals surface area contributed by atoms with Crippen LogP contribution in [0, 0.1) is 11.6 Å². The minimum Gasteiger partial charge on any atom is -0.391 e. The van der Waals surface area contributed by atoms with Crippen LogP contribution in [-0.4, -0.2) is 23.3 Å². The summed E-state index contributed by atoms with van der Waals surface area (Å²) in [6.45, 7) is 1.81. The highest BCUT2D eigenvalue weighted by Crippen LogP contribution is 2.22. The van der Waals surface area contributed by atoms with Gasteiger partial charge in [0, 0.05) is 11.6 Å². The predicted octanol–water partition coefficient (Wildman–Crippen LogP) is 3.02. The van der Waals surface area contributed by atoms with E-state index in [1.165, 1.54) is 12.1 Å². The lowest BCUT2D eigenvalue weighted by molar-refractivity contribution is 0.0940. The van der Waals surface area contributed by atoms with Crippen LogP contribution >= 0.6 is 0 Å². The lowest BCUT2D eigenvalue weighted by Crippen LogP contribution is -2.49. The van der Waals surface area contributed by atoms with Crippen molar-refractivity contribution >= 4 is 6.03 Å². The summed E-state index contributed by atoms with van der Waals surface area (Å²) in [6, 6.07) is 2.06. The summed E-state index contributed by atoms with van der Waals surface area (Å²) >= 11 is 0. The minimum absolute atomic E-state index is 0.253. The zero-order valence-corrected chi connectivity index (χ0v) is 12.6. The monoisotopic (exact) mass is 312 g/mol. The molecule has 0 spiro atoms. The molecule has 0 heterocycles. The Balaban J connectivity index is 1.98. The first-order valence-electron chi connectivity index (χ1n) is 7.71. The Labute approximate surface area is 128 Å². The van der Waals surface area contributed by atoms with Crippen molar-refractivity contribution < 1.29 is 18.7 Å². The topological polar surface area (TPSA) is 61.4 Å². The maximum atomic E-state index is 13.8. The Morgan fingerprint density at radius 3 is 2.73 bits per heavy atom. The van der Waals surface area contributed by atoms with Crippen molar-refractivity contribution in [1.82, 2.24) is 10.6 Å². The van der Waals surface area contributed by atoms with Crippen LogP contribution in [0.5, 0.6) is 0 Å². The predicted molar refractivity (Wildman–Crippen MR) is 79.3 cm³/mol. The second-order valence-electron chi connectivity index (χ2n) is 5.70. The third-order valence-electron chi connectivity index (χ3n) is 4.10. The Bertz CT molecular complexity index is 525. The van der Waals surface area contributed by atoms with Crippen LogP contribution in [0.3, 0.4) is 0 Å². The number of hydrogen-bond donors (Lipinski definition) is 3. The Kier molecular flexibility index (Phi) is 5.71. The van der Waals surface area contributed by atoms with Crippen LogP contribution < -0.4 is 10.6 Å². The lowest BCUT2D eigenvalue weighted by atomic mass is 9.93. The van der Waals surface area contributed by atoms with Crippen molar-refractivity contribution in [2.45, 2.75) is 57.2 Å². The number of carbonyl (C=O) groups is 1. The SMILES string of the molecule is CCC(NC(=O)NC1CCCCC1O)c1ccc(F)cc1F. The van der Waals surface area contributed by atoms with Crippen molar-refractivity contribution in [2.75, 3.05) is 0 Å². The molecule has 122 valence electrons. The van der Waals surface area contributed by atoms with Gasteiger partial charge in [0.1, 0.15) is 11.6 Å². The van der Waals surface area contributed by atoms with Gasteiger partial charge < -0.3 is 15.7 Å².